The molecule has 70 valence electrons. The number of primary amides is 1. The highest BCUT2D eigenvalue weighted by molar-refractivity contribution is 5.79. The predicted molar refractivity (Wildman–Crippen MR) is 47.9 cm³/mol. The van der Waals surface area contributed by atoms with Crippen molar-refractivity contribution in [3.05, 3.63) is 24.5 Å². The number of aliphatic hydroxyl groups is 1. The van der Waals surface area contributed by atoms with E-state index in [0.717, 1.165) is 5.69 Å². The third-order valence-corrected chi connectivity index (χ3v) is 1.51. The third kappa shape index (κ3) is 3.08. The molecule has 1 rings (SSSR count). The Bertz CT molecular complexity index is 276. The summed E-state index contributed by atoms with van der Waals surface area (Å²) in [6.45, 7) is 0.110. The van der Waals surface area contributed by atoms with Gasteiger partial charge in [0.05, 0.1) is 0 Å². The summed E-state index contributed by atoms with van der Waals surface area (Å²) in [5, 5.41) is 11.9. The maximum atomic E-state index is 10.4. The number of nitrogens with two attached hydrogens (primary N) is 1. The van der Waals surface area contributed by atoms with Gasteiger partial charge in [0, 0.05) is 24.6 Å². The maximum absolute atomic E-state index is 10.4. The number of nitrogens with one attached hydrogen (secondary N) is 1. The van der Waals surface area contributed by atoms with E-state index in [-0.39, 0.29) is 6.54 Å². The zero-order valence-corrected chi connectivity index (χ0v) is 6.97. The number of rotatable bonds is 4. The molecule has 0 saturated carbocycles. The summed E-state index contributed by atoms with van der Waals surface area (Å²) in [7, 11) is 0. The lowest BCUT2D eigenvalue weighted by Gasteiger charge is -2.08. The van der Waals surface area contributed by atoms with Gasteiger partial charge in [-0.05, 0) is 12.1 Å². The number of hydrogen-bond donors (Lipinski definition) is 3. The van der Waals surface area contributed by atoms with Gasteiger partial charge >= 0.3 is 0 Å². The Morgan fingerprint density at radius 2 is 2.23 bits per heavy atom. The second-order valence-electron chi connectivity index (χ2n) is 2.53. The highest BCUT2D eigenvalue weighted by Gasteiger charge is 2.09. The summed E-state index contributed by atoms with van der Waals surface area (Å²) >= 11 is 0. The molecule has 0 aliphatic heterocycles. The lowest BCUT2D eigenvalue weighted by molar-refractivity contribution is -0.125. The standard InChI is InChI=1S/C8H11N3O2/c9-8(13)7(12)5-11-6-1-3-10-4-2-6/h1-4,7,12H,5H2,(H2,9,13)(H,10,11). The molecule has 5 nitrogen and oxygen atoms in total. The van der Waals surface area contributed by atoms with Crippen LogP contribution in [0.25, 0.3) is 0 Å². The minimum Gasteiger partial charge on any atom is -0.382 e. The topological polar surface area (TPSA) is 88.2 Å². The second kappa shape index (κ2) is 4.42. The van der Waals surface area contributed by atoms with Gasteiger partial charge in [-0.15, -0.1) is 0 Å². The van der Waals surface area contributed by atoms with Gasteiger partial charge in [-0.25, -0.2) is 0 Å². The van der Waals surface area contributed by atoms with E-state index in [0.29, 0.717) is 0 Å². The molecule has 0 radical (unpaired) electrons. The summed E-state index contributed by atoms with van der Waals surface area (Å²) in [5.74, 6) is -0.735. The Labute approximate surface area is 75.6 Å². The highest BCUT2D eigenvalue weighted by Crippen LogP contribution is 2.02. The van der Waals surface area contributed by atoms with Crippen molar-refractivity contribution in [1.82, 2.24) is 4.98 Å². The van der Waals surface area contributed by atoms with E-state index in [1.54, 1.807) is 24.5 Å². The molecule has 1 atom stereocenters. The lowest BCUT2D eigenvalue weighted by Crippen LogP contribution is -2.34. The van der Waals surface area contributed by atoms with Crippen molar-refractivity contribution >= 4 is 11.6 Å². The molecule has 13 heavy (non-hydrogen) atoms. The van der Waals surface area contributed by atoms with E-state index in [9.17, 15) is 4.79 Å². The van der Waals surface area contributed by atoms with E-state index >= 15 is 0 Å². The van der Waals surface area contributed by atoms with Crippen LogP contribution in [0.4, 0.5) is 5.69 Å². The zero-order valence-electron chi connectivity index (χ0n) is 6.97. The maximum Gasteiger partial charge on any atom is 0.248 e. The number of pyridine rings is 1. The first-order chi connectivity index (χ1) is 6.20. The van der Waals surface area contributed by atoms with Crippen LogP contribution in [0.3, 0.4) is 0 Å². The molecule has 1 aromatic heterocycles. The number of aliphatic hydroxyl groups excluding tert-OH is 1. The largest absolute Gasteiger partial charge is 0.382 e. The van der Waals surface area contributed by atoms with Gasteiger partial charge in [-0.2, -0.15) is 0 Å². The molecule has 0 aliphatic rings. The molecule has 0 bridgehead atoms. The number of nitrogens with zero attached hydrogens (tertiary/aromatic N) is 1. The number of carbonyl (C=O) groups excluding carboxylic acids is 1. The van der Waals surface area contributed by atoms with E-state index in [2.05, 4.69) is 10.3 Å². The fourth-order valence-electron chi connectivity index (χ4n) is 0.785. The van der Waals surface area contributed by atoms with Crippen molar-refractivity contribution in [2.24, 2.45) is 5.73 Å². The van der Waals surface area contributed by atoms with Crippen molar-refractivity contribution in [1.29, 1.82) is 0 Å². The molecule has 5 heteroatoms. The summed E-state index contributed by atoms with van der Waals surface area (Å²) in [6, 6.07) is 3.46. The van der Waals surface area contributed by atoms with Crippen LogP contribution in [0.2, 0.25) is 0 Å². The van der Waals surface area contributed by atoms with Crippen LogP contribution in [0, 0.1) is 0 Å². The van der Waals surface area contributed by atoms with Gasteiger partial charge in [0.25, 0.3) is 0 Å². The van der Waals surface area contributed by atoms with Crippen LogP contribution in [-0.4, -0.2) is 28.6 Å². The van der Waals surface area contributed by atoms with Gasteiger partial charge in [0.15, 0.2) is 0 Å². The molecule has 1 heterocycles. The van der Waals surface area contributed by atoms with Crippen molar-refractivity contribution in [3.8, 4) is 0 Å². The molecule has 0 fully saturated rings. The molecule has 1 aromatic rings. The van der Waals surface area contributed by atoms with Crippen molar-refractivity contribution in [2.75, 3.05) is 11.9 Å². The van der Waals surface area contributed by atoms with Crippen LogP contribution >= 0.6 is 0 Å². The molecule has 0 aliphatic carbocycles. The van der Waals surface area contributed by atoms with Crippen molar-refractivity contribution in [3.63, 3.8) is 0 Å². The number of carbonyl (C=O) groups is 1. The van der Waals surface area contributed by atoms with E-state index in [4.69, 9.17) is 10.8 Å². The van der Waals surface area contributed by atoms with Gasteiger partial charge in [0.1, 0.15) is 6.10 Å². The zero-order chi connectivity index (χ0) is 9.68. The van der Waals surface area contributed by atoms with Crippen molar-refractivity contribution in [2.45, 2.75) is 6.10 Å². The van der Waals surface area contributed by atoms with Crippen LogP contribution < -0.4 is 11.1 Å². The lowest BCUT2D eigenvalue weighted by atomic mass is 10.3. The van der Waals surface area contributed by atoms with Crippen LogP contribution in [0.1, 0.15) is 0 Å². The Balaban J connectivity index is 2.39. The van der Waals surface area contributed by atoms with Gasteiger partial charge in [-0.3, -0.25) is 9.78 Å². The third-order valence-electron chi connectivity index (χ3n) is 1.51. The van der Waals surface area contributed by atoms with E-state index < -0.39 is 12.0 Å². The predicted octanol–water partition coefficient (Wildman–Crippen LogP) is -0.660. The SMILES string of the molecule is NC(=O)C(O)CNc1ccncc1. The van der Waals surface area contributed by atoms with Gasteiger partial charge in [-0.1, -0.05) is 0 Å². The van der Waals surface area contributed by atoms with Crippen LogP contribution in [0.15, 0.2) is 24.5 Å². The Morgan fingerprint density at radius 1 is 1.62 bits per heavy atom. The number of amides is 1. The second-order valence-corrected chi connectivity index (χ2v) is 2.53. The van der Waals surface area contributed by atoms with Gasteiger partial charge < -0.3 is 16.2 Å². The number of hydrogen-bond acceptors (Lipinski definition) is 4. The molecular formula is C8H11N3O2. The Morgan fingerprint density at radius 3 is 2.77 bits per heavy atom. The molecule has 0 aromatic carbocycles. The quantitative estimate of drug-likeness (QED) is 0.575. The monoisotopic (exact) mass is 181 g/mol. The molecular weight excluding hydrogens is 170 g/mol. The smallest absolute Gasteiger partial charge is 0.248 e. The first-order valence-electron chi connectivity index (χ1n) is 3.81. The average molecular weight is 181 g/mol. The van der Waals surface area contributed by atoms with Crippen molar-refractivity contribution < 1.29 is 9.90 Å². The molecule has 1 amide bonds. The normalized spacial score (nSPS) is 12.1. The van der Waals surface area contributed by atoms with E-state index in [1.807, 2.05) is 0 Å². The summed E-state index contributed by atoms with van der Waals surface area (Å²) < 4.78 is 0. The van der Waals surface area contributed by atoms with Gasteiger partial charge in [0.2, 0.25) is 5.91 Å². The van der Waals surface area contributed by atoms with Crippen LogP contribution in [-0.2, 0) is 4.79 Å². The molecule has 4 N–H and O–H groups in total. The first kappa shape index (κ1) is 9.47. The fraction of sp³-hybridized carbons (Fsp3) is 0.250. The molecule has 0 saturated heterocycles. The van der Waals surface area contributed by atoms with Crippen LogP contribution in [0.5, 0.6) is 0 Å². The Kier molecular flexibility index (Phi) is 3.22. The van der Waals surface area contributed by atoms with E-state index in [1.165, 1.54) is 0 Å². The first-order valence-corrected chi connectivity index (χ1v) is 3.81. The summed E-state index contributed by atoms with van der Waals surface area (Å²) in [5.41, 5.74) is 5.65. The Hall–Kier alpha value is -1.62. The minimum absolute atomic E-state index is 0.110. The average Bonchev–Trinajstić information content (AvgIpc) is 2.15. The molecule has 1 unspecified atom stereocenters. The fourth-order valence-corrected chi connectivity index (χ4v) is 0.785. The summed E-state index contributed by atoms with van der Waals surface area (Å²) in [4.78, 5) is 14.3. The number of aromatic nitrogens is 1. The molecule has 0 spiro atoms. The highest BCUT2D eigenvalue weighted by atomic mass is 16.3. The minimum atomic E-state index is -1.16. The number of anilines is 1. The summed E-state index contributed by atoms with van der Waals surface area (Å²) in [6.07, 6.45) is 2.06.